The molecule has 0 aliphatic rings. The predicted molar refractivity (Wildman–Crippen MR) is 64.7 cm³/mol. The summed E-state index contributed by atoms with van der Waals surface area (Å²) < 4.78 is 5.08. The van der Waals surface area contributed by atoms with Gasteiger partial charge in [-0.15, -0.1) is 0 Å². The summed E-state index contributed by atoms with van der Waals surface area (Å²) in [4.78, 5) is 14.0. The first-order valence-electron chi connectivity index (χ1n) is 6.07. The first kappa shape index (κ1) is 13.0. The number of rotatable bonds is 8. The maximum absolute atomic E-state index is 11.7. The minimum Gasteiger partial charge on any atom is -0.461 e. The molecule has 0 aromatic carbocycles. The molecule has 1 rings (SSSR count). The lowest BCUT2D eigenvalue weighted by molar-refractivity contribution is 0.0937. The van der Waals surface area contributed by atoms with Crippen molar-refractivity contribution in [3.05, 3.63) is 24.2 Å². The molecule has 1 heterocycles. The normalized spacial score (nSPS) is 10.9. The topological polar surface area (TPSA) is 33.5 Å². The summed E-state index contributed by atoms with van der Waals surface area (Å²) in [5.74, 6) is 0.579. The Bertz CT molecular complexity index is 287. The van der Waals surface area contributed by atoms with Crippen LogP contribution in [0.2, 0.25) is 0 Å². The standard InChI is InChI=1S/C13H21NO2/c1-3-8-14(9-4-2)10-7-12(15)13-6-5-11-16-13/h5-6,11H,3-4,7-10H2,1-2H3. The van der Waals surface area contributed by atoms with Gasteiger partial charge in [0.1, 0.15) is 0 Å². The Hall–Kier alpha value is -1.09. The molecule has 16 heavy (non-hydrogen) atoms. The van der Waals surface area contributed by atoms with E-state index in [-0.39, 0.29) is 5.78 Å². The van der Waals surface area contributed by atoms with E-state index in [2.05, 4.69) is 18.7 Å². The van der Waals surface area contributed by atoms with Crippen molar-refractivity contribution in [3.63, 3.8) is 0 Å². The Morgan fingerprint density at radius 1 is 1.25 bits per heavy atom. The largest absolute Gasteiger partial charge is 0.461 e. The Morgan fingerprint density at radius 2 is 1.94 bits per heavy atom. The highest BCUT2D eigenvalue weighted by Crippen LogP contribution is 2.05. The third-order valence-electron chi connectivity index (χ3n) is 2.53. The van der Waals surface area contributed by atoms with Crippen LogP contribution in [0.3, 0.4) is 0 Å². The predicted octanol–water partition coefficient (Wildman–Crippen LogP) is 2.97. The zero-order chi connectivity index (χ0) is 11.8. The van der Waals surface area contributed by atoms with Crippen LogP contribution in [0.25, 0.3) is 0 Å². The van der Waals surface area contributed by atoms with Crippen LogP contribution in [-0.4, -0.2) is 30.3 Å². The minimum absolute atomic E-state index is 0.0993. The van der Waals surface area contributed by atoms with Crippen LogP contribution in [0.4, 0.5) is 0 Å². The smallest absolute Gasteiger partial charge is 0.199 e. The molecule has 0 saturated carbocycles. The van der Waals surface area contributed by atoms with E-state index in [9.17, 15) is 4.79 Å². The van der Waals surface area contributed by atoms with E-state index in [0.717, 1.165) is 32.5 Å². The van der Waals surface area contributed by atoms with Gasteiger partial charge in [-0.2, -0.15) is 0 Å². The molecule has 0 fully saturated rings. The van der Waals surface area contributed by atoms with Gasteiger partial charge in [-0.1, -0.05) is 13.8 Å². The molecule has 0 N–H and O–H groups in total. The fraction of sp³-hybridized carbons (Fsp3) is 0.615. The van der Waals surface area contributed by atoms with E-state index in [1.54, 1.807) is 18.4 Å². The van der Waals surface area contributed by atoms with E-state index in [1.165, 1.54) is 0 Å². The Kier molecular flexibility index (Phi) is 5.86. The third kappa shape index (κ3) is 4.19. The van der Waals surface area contributed by atoms with Crippen molar-refractivity contribution in [2.24, 2.45) is 0 Å². The molecular formula is C13H21NO2. The molecule has 1 aromatic heterocycles. The molecule has 0 aliphatic heterocycles. The fourth-order valence-corrected chi connectivity index (χ4v) is 1.79. The second-order valence-electron chi connectivity index (χ2n) is 3.99. The molecule has 0 spiro atoms. The van der Waals surface area contributed by atoms with Crippen LogP contribution in [-0.2, 0) is 0 Å². The molecular weight excluding hydrogens is 202 g/mol. The molecule has 0 unspecified atom stereocenters. The second kappa shape index (κ2) is 7.23. The van der Waals surface area contributed by atoms with Crippen molar-refractivity contribution >= 4 is 5.78 Å². The monoisotopic (exact) mass is 223 g/mol. The number of carbonyl (C=O) groups excluding carboxylic acids is 1. The van der Waals surface area contributed by atoms with E-state index >= 15 is 0 Å². The van der Waals surface area contributed by atoms with Gasteiger partial charge >= 0.3 is 0 Å². The van der Waals surface area contributed by atoms with Crippen LogP contribution in [0.15, 0.2) is 22.8 Å². The molecule has 0 aliphatic carbocycles. The highest BCUT2D eigenvalue weighted by atomic mass is 16.3. The summed E-state index contributed by atoms with van der Waals surface area (Å²) >= 11 is 0. The second-order valence-corrected chi connectivity index (χ2v) is 3.99. The van der Waals surface area contributed by atoms with E-state index in [4.69, 9.17) is 4.42 Å². The first-order valence-corrected chi connectivity index (χ1v) is 6.07. The average Bonchev–Trinajstić information content (AvgIpc) is 2.79. The van der Waals surface area contributed by atoms with Gasteiger partial charge in [0.05, 0.1) is 6.26 Å². The number of carbonyl (C=O) groups is 1. The number of furan rings is 1. The summed E-state index contributed by atoms with van der Waals surface area (Å²) in [6.07, 6.45) is 4.36. The number of Topliss-reactive ketones (excluding diaryl/α,β-unsaturated/α-hetero) is 1. The fourth-order valence-electron chi connectivity index (χ4n) is 1.79. The van der Waals surface area contributed by atoms with Crippen molar-refractivity contribution in [3.8, 4) is 0 Å². The number of ketones is 1. The van der Waals surface area contributed by atoms with E-state index in [1.807, 2.05) is 0 Å². The van der Waals surface area contributed by atoms with Gasteiger partial charge in [-0.25, -0.2) is 0 Å². The molecule has 3 heteroatoms. The van der Waals surface area contributed by atoms with Crippen molar-refractivity contribution in [2.75, 3.05) is 19.6 Å². The van der Waals surface area contributed by atoms with E-state index in [0.29, 0.717) is 12.2 Å². The Balaban J connectivity index is 2.34. The van der Waals surface area contributed by atoms with Gasteiger partial charge in [0, 0.05) is 13.0 Å². The van der Waals surface area contributed by atoms with Crippen LogP contribution in [0.1, 0.15) is 43.7 Å². The number of nitrogens with zero attached hydrogens (tertiary/aromatic N) is 1. The molecule has 3 nitrogen and oxygen atoms in total. The van der Waals surface area contributed by atoms with Crippen molar-refractivity contribution in [1.29, 1.82) is 0 Å². The van der Waals surface area contributed by atoms with E-state index < -0.39 is 0 Å². The summed E-state index contributed by atoms with van der Waals surface area (Å²) in [5.41, 5.74) is 0. The lowest BCUT2D eigenvalue weighted by Crippen LogP contribution is -2.28. The Morgan fingerprint density at radius 3 is 2.44 bits per heavy atom. The quantitative estimate of drug-likeness (QED) is 0.635. The zero-order valence-corrected chi connectivity index (χ0v) is 10.2. The molecule has 0 saturated heterocycles. The molecule has 0 bridgehead atoms. The Labute approximate surface area is 97.4 Å². The lowest BCUT2D eigenvalue weighted by Gasteiger charge is -2.19. The van der Waals surface area contributed by atoms with Gasteiger partial charge in [-0.05, 0) is 38.1 Å². The molecule has 1 aromatic rings. The molecule has 90 valence electrons. The minimum atomic E-state index is 0.0993. The summed E-state index contributed by atoms with van der Waals surface area (Å²) in [6.45, 7) is 7.30. The molecule has 0 atom stereocenters. The van der Waals surface area contributed by atoms with Crippen LogP contribution >= 0.6 is 0 Å². The molecule has 0 radical (unpaired) electrons. The van der Waals surface area contributed by atoms with Gasteiger partial charge in [0.2, 0.25) is 0 Å². The van der Waals surface area contributed by atoms with Crippen molar-refractivity contribution in [2.45, 2.75) is 33.1 Å². The number of hydrogen-bond acceptors (Lipinski definition) is 3. The lowest BCUT2D eigenvalue weighted by atomic mass is 10.2. The SMILES string of the molecule is CCCN(CCC)CCC(=O)c1ccco1. The maximum atomic E-state index is 11.7. The van der Waals surface area contributed by atoms with Gasteiger partial charge in [0.15, 0.2) is 11.5 Å². The summed E-state index contributed by atoms with van der Waals surface area (Å²) in [7, 11) is 0. The summed E-state index contributed by atoms with van der Waals surface area (Å²) in [5, 5.41) is 0. The highest BCUT2D eigenvalue weighted by molar-refractivity contribution is 5.93. The van der Waals surface area contributed by atoms with Crippen LogP contribution in [0, 0.1) is 0 Å². The van der Waals surface area contributed by atoms with Crippen LogP contribution in [0.5, 0.6) is 0 Å². The van der Waals surface area contributed by atoms with Gasteiger partial charge in [-0.3, -0.25) is 4.79 Å². The first-order chi connectivity index (χ1) is 7.77. The van der Waals surface area contributed by atoms with Crippen LogP contribution < -0.4 is 0 Å². The highest BCUT2D eigenvalue weighted by Gasteiger charge is 2.10. The molecule has 0 amide bonds. The average molecular weight is 223 g/mol. The number of hydrogen-bond donors (Lipinski definition) is 0. The maximum Gasteiger partial charge on any atom is 0.199 e. The third-order valence-corrected chi connectivity index (χ3v) is 2.53. The zero-order valence-electron chi connectivity index (χ0n) is 10.2. The summed E-state index contributed by atoms with van der Waals surface area (Å²) in [6, 6.07) is 3.48. The van der Waals surface area contributed by atoms with Gasteiger partial charge in [0.25, 0.3) is 0 Å². The van der Waals surface area contributed by atoms with Crippen molar-refractivity contribution in [1.82, 2.24) is 4.90 Å². The van der Waals surface area contributed by atoms with Gasteiger partial charge < -0.3 is 9.32 Å². The van der Waals surface area contributed by atoms with Crippen molar-refractivity contribution < 1.29 is 9.21 Å².